The summed E-state index contributed by atoms with van der Waals surface area (Å²) in [7, 11) is 1.60. The van der Waals surface area contributed by atoms with Crippen LogP contribution in [0.2, 0.25) is 0 Å². The molecule has 0 atom stereocenters. The molecule has 0 aromatic carbocycles. The maximum Gasteiger partial charge on any atom is 0.416 e. The number of amides is 1. The summed E-state index contributed by atoms with van der Waals surface area (Å²) in [6.07, 6.45) is 1.32. The number of hydrogen-bond donors (Lipinski definition) is 0. The maximum absolute atomic E-state index is 12.0. The second-order valence-electron chi connectivity index (χ2n) is 5.09. The van der Waals surface area contributed by atoms with Crippen LogP contribution in [0.5, 0.6) is 0 Å². The van der Waals surface area contributed by atoms with Gasteiger partial charge in [0.1, 0.15) is 5.60 Å². The number of pyridine rings is 1. The third kappa shape index (κ3) is 2.86. The first-order valence-corrected chi connectivity index (χ1v) is 6.55. The highest BCUT2D eigenvalue weighted by Gasteiger charge is 2.23. The van der Waals surface area contributed by atoms with Crippen molar-refractivity contribution in [3.8, 4) is 0 Å². The zero-order valence-corrected chi connectivity index (χ0v) is 12.8. The molecule has 0 spiro atoms. The Morgan fingerprint density at radius 3 is 2.74 bits per heavy atom. The summed E-state index contributed by atoms with van der Waals surface area (Å²) in [5.41, 5.74) is 0.0970. The Hall–Kier alpha value is -1.63. The second kappa shape index (κ2) is 4.80. The summed E-state index contributed by atoms with van der Waals surface area (Å²) < 4.78 is 7.82. The maximum atomic E-state index is 12.0. The van der Waals surface area contributed by atoms with E-state index >= 15 is 0 Å². The smallest absolute Gasteiger partial charge is 0.416 e. The van der Waals surface area contributed by atoms with E-state index in [4.69, 9.17) is 4.74 Å². The molecule has 7 heteroatoms. The molecule has 2 heterocycles. The van der Waals surface area contributed by atoms with Gasteiger partial charge in [-0.05, 0) is 48.8 Å². The Morgan fingerprint density at radius 2 is 2.11 bits per heavy atom. The van der Waals surface area contributed by atoms with Crippen molar-refractivity contribution in [2.24, 2.45) is 0 Å². The molecule has 0 unspecified atom stereocenters. The van der Waals surface area contributed by atoms with Crippen LogP contribution in [0.3, 0.4) is 0 Å². The van der Waals surface area contributed by atoms with Crippen molar-refractivity contribution in [2.75, 3.05) is 11.9 Å². The van der Waals surface area contributed by atoms with Crippen molar-refractivity contribution in [1.29, 1.82) is 0 Å². The molecule has 1 amide bonds. The van der Waals surface area contributed by atoms with Gasteiger partial charge in [0.2, 0.25) is 5.95 Å². The highest BCUT2D eigenvalue weighted by molar-refractivity contribution is 9.10. The van der Waals surface area contributed by atoms with E-state index in [9.17, 15) is 4.79 Å². The van der Waals surface area contributed by atoms with E-state index in [1.165, 1.54) is 4.90 Å². The number of carbonyl (C=O) groups excluding carboxylic acids is 1. The van der Waals surface area contributed by atoms with Crippen LogP contribution in [-0.4, -0.2) is 33.3 Å². The lowest BCUT2D eigenvalue weighted by Gasteiger charge is -2.23. The van der Waals surface area contributed by atoms with Gasteiger partial charge in [-0.3, -0.25) is 4.40 Å². The van der Waals surface area contributed by atoms with Crippen molar-refractivity contribution in [3.63, 3.8) is 0 Å². The van der Waals surface area contributed by atoms with E-state index in [1.807, 2.05) is 32.9 Å². The van der Waals surface area contributed by atoms with Crippen molar-refractivity contribution >= 4 is 33.6 Å². The third-order valence-corrected chi connectivity index (χ3v) is 2.96. The second-order valence-corrected chi connectivity index (χ2v) is 5.94. The number of anilines is 1. The number of hydrogen-bond acceptors (Lipinski definition) is 4. The third-order valence-electron chi connectivity index (χ3n) is 2.34. The lowest BCUT2D eigenvalue weighted by Crippen LogP contribution is -2.35. The zero-order valence-electron chi connectivity index (χ0n) is 11.2. The summed E-state index contributed by atoms with van der Waals surface area (Å²) in [4.78, 5) is 13.3. The van der Waals surface area contributed by atoms with Crippen LogP contribution >= 0.6 is 15.9 Å². The van der Waals surface area contributed by atoms with Crippen LogP contribution in [0.1, 0.15) is 20.8 Å². The number of aromatic nitrogens is 3. The Balaban J connectivity index is 2.34. The van der Waals surface area contributed by atoms with Gasteiger partial charge >= 0.3 is 6.09 Å². The lowest BCUT2D eigenvalue weighted by atomic mass is 10.2. The number of carbonyl (C=O) groups is 1. The lowest BCUT2D eigenvalue weighted by molar-refractivity contribution is 0.0587. The van der Waals surface area contributed by atoms with E-state index in [2.05, 4.69) is 26.1 Å². The van der Waals surface area contributed by atoms with Gasteiger partial charge in [-0.2, -0.15) is 0 Å². The molecule has 2 aromatic rings. The Labute approximate surface area is 119 Å². The van der Waals surface area contributed by atoms with Gasteiger partial charge in [-0.25, -0.2) is 9.69 Å². The van der Waals surface area contributed by atoms with Gasteiger partial charge < -0.3 is 4.74 Å². The van der Waals surface area contributed by atoms with Crippen molar-refractivity contribution in [3.05, 3.63) is 22.8 Å². The van der Waals surface area contributed by atoms with Gasteiger partial charge in [0, 0.05) is 13.2 Å². The first kappa shape index (κ1) is 13.8. The molecule has 0 saturated heterocycles. The summed E-state index contributed by atoms with van der Waals surface area (Å²) >= 11 is 3.39. The molecule has 2 rings (SSSR count). The topological polar surface area (TPSA) is 59.7 Å². The molecule has 0 radical (unpaired) electrons. The average molecular weight is 327 g/mol. The van der Waals surface area contributed by atoms with Crippen LogP contribution in [0.15, 0.2) is 22.8 Å². The molecule has 6 nitrogen and oxygen atoms in total. The quantitative estimate of drug-likeness (QED) is 0.808. The minimum Gasteiger partial charge on any atom is -0.443 e. The average Bonchev–Trinajstić information content (AvgIpc) is 2.71. The van der Waals surface area contributed by atoms with E-state index < -0.39 is 11.7 Å². The molecule has 19 heavy (non-hydrogen) atoms. The molecule has 0 bridgehead atoms. The molecule has 0 saturated carbocycles. The molecule has 0 fully saturated rings. The molecule has 0 aliphatic carbocycles. The number of ether oxygens (including phenoxy) is 1. The van der Waals surface area contributed by atoms with Crippen molar-refractivity contribution in [1.82, 2.24) is 14.6 Å². The van der Waals surface area contributed by atoms with Crippen molar-refractivity contribution in [2.45, 2.75) is 26.4 Å². The number of halogens is 1. The van der Waals surface area contributed by atoms with E-state index in [-0.39, 0.29) is 0 Å². The summed E-state index contributed by atoms with van der Waals surface area (Å²) in [6, 6.07) is 3.70. The normalized spacial score (nSPS) is 11.6. The minimum absolute atomic E-state index is 0.408. The molecule has 102 valence electrons. The first-order chi connectivity index (χ1) is 8.79. The van der Waals surface area contributed by atoms with E-state index in [1.54, 1.807) is 17.6 Å². The summed E-state index contributed by atoms with van der Waals surface area (Å²) in [5.74, 6) is 0.408. The van der Waals surface area contributed by atoms with Gasteiger partial charge in [0.25, 0.3) is 0 Å². The fourth-order valence-corrected chi connectivity index (χ4v) is 1.94. The molecular weight excluding hydrogens is 312 g/mol. The zero-order chi connectivity index (χ0) is 14.2. The molecular formula is C12H15BrN4O2. The van der Waals surface area contributed by atoms with Crippen LogP contribution in [0.25, 0.3) is 5.65 Å². The SMILES string of the molecule is CN(C(=O)OC(C)(C)C)c1nnc2c(Br)cccn12. The van der Waals surface area contributed by atoms with Crippen LogP contribution in [0, 0.1) is 0 Å². The monoisotopic (exact) mass is 326 g/mol. The van der Waals surface area contributed by atoms with Crippen LogP contribution in [-0.2, 0) is 4.74 Å². The highest BCUT2D eigenvalue weighted by Crippen LogP contribution is 2.21. The summed E-state index contributed by atoms with van der Waals surface area (Å²) in [5, 5.41) is 8.05. The first-order valence-electron chi connectivity index (χ1n) is 5.75. The summed E-state index contributed by atoms with van der Waals surface area (Å²) in [6.45, 7) is 5.45. The molecule has 0 aliphatic rings. The molecule has 0 aliphatic heterocycles. The standard InChI is InChI=1S/C12H15BrN4O2/c1-12(2,3)19-11(18)16(4)10-15-14-9-8(13)6-5-7-17(9)10/h5-7H,1-4H3. The Morgan fingerprint density at radius 1 is 1.42 bits per heavy atom. The van der Waals surface area contributed by atoms with Gasteiger partial charge in [0.15, 0.2) is 5.65 Å². The number of rotatable bonds is 1. The number of fused-ring (bicyclic) bond motifs is 1. The Bertz CT molecular complexity index is 618. The van der Waals surface area contributed by atoms with Gasteiger partial charge in [-0.15, -0.1) is 10.2 Å². The molecule has 0 N–H and O–H groups in total. The van der Waals surface area contributed by atoms with E-state index in [0.717, 1.165) is 4.47 Å². The van der Waals surface area contributed by atoms with Gasteiger partial charge in [-0.1, -0.05) is 0 Å². The predicted octanol–water partition coefficient (Wildman–Crippen LogP) is 2.86. The minimum atomic E-state index is -0.549. The van der Waals surface area contributed by atoms with Crippen molar-refractivity contribution < 1.29 is 9.53 Å². The molecule has 2 aromatic heterocycles. The Kier molecular flexibility index (Phi) is 3.49. The van der Waals surface area contributed by atoms with Crippen LogP contribution in [0.4, 0.5) is 10.7 Å². The predicted molar refractivity (Wildman–Crippen MR) is 75.3 cm³/mol. The fourth-order valence-electron chi connectivity index (χ4n) is 1.51. The van der Waals surface area contributed by atoms with Crippen LogP contribution < -0.4 is 4.90 Å². The largest absolute Gasteiger partial charge is 0.443 e. The highest BCUT2D eigenvalue weighted by atomic mass is 79.9. The van der Waals surface area contributed by atoms with Gasteiger partial charge in [0.05, 0.1) is 4.47 Å². The van der Waals surface area contributed by atoms with E-state index in [0.29, 0.717) is 11.6 Å². The fraction of sp³-hybridized carbons (Fsp3) is 0.417. The number of nitrogens with zero attached hydrogens (tertiary/aromatic N) is 4.